The first-order valence-corrected chi connectivity index (χ1v) is 2.15. The van der Waals surface area contributed by atoms with E-state index in [1.54, 1.807) is 6.20 Å². The second-order valence-electron chi connectivity index (χ2n) is 1.63. The predicted molar refractivity (Wildman–Crippen MR) is 35.4 cm³/mol. The van der Waals surface area contributed by atoms with E-state index in [1.807, 2.05) is 6.08 Å². The van der Waals surface area contributed by atoms with Crippen molar-refractivity contribution < 1.29 is 0 Å². The fourth-order valence-electron chi connectivity index (χ4n) is 0.222. The van der Waals surface area contributed by atoms with Crippen molar-refractivity contribution >= 4 is 12.4 Å². The molecule has 0 aromatic rings. The summed E-state index contributed by atoms with van der Waals surface area (Å²) in [5.74, 6) is 0.593. The van der Waals surface area contributed by atoms with Gasteiger partial charge in [0.05, 0.1) is 0 Å². The average Bonchev–Trinajstić information content (AvgIpc) is 1.35. The molecule has 2 heteroatoms. The van der Waals surface area contributed by atoms with Crippen molar-refractivity contribution in [2.24, 2.45) is 11.7 Å². The zero-order valence-corrected chi connectivity index (χ0v) is 5.53. The summed E-state index contributed by atoms with van der Waals surface area (Å²) in [5, 5.41) is 0. The van der Waals surface area contributed by atoms with E-state index in [4.69, 9.17) is 5.73 Å². The maximum atomic E-state index is 5.05. The Kier molecular flexibility index (Phi) is 8.29. The standard InChI is InChI=1S/C5H11N.ClH/c1-5(2)3-4-6;/h3-5H,6H2,1-2H3;1H/b4-3+;. The molecular formula is C5H12ClN. The summed E-state index contributed by atoms with van der Waals surface area (Å²) in [4.78, 5) is 0. The largest absolute Gasteiger partial charge is 0.405 e. The predicted octanol–water partition coefficient (Wildman–Crippen LogP) is 1.54. The van der Waals surface area contributed by atoms with Gasteiger partial charge in [-0.1, -0.05) is 19.9 Å². The van der Waals surface area contributed by atoms with Crippen LogP contribution in [0.1, 0.15) is 13.8 Å². The lowest BCUT2D eigenvalue weighted by atomic mass is 10.2. The van der Waals surface area contributed by atoms with E-state index in [9.17, 15) is 0 Å². The number of hydrogen-bond acceptors (Lipinski definition) is 1. The van der Waals surface area contributed by atoms with Crippen molar-refractivity contribution in [1.29, 1.82) is 0 Å². The van der Waals surface area contributed by atoms with Gasteiger partial charge in [0.15, 0.2) is 0 Å². The Morgan fingerprint density at radius 3 is 1.86 bits per heavy atom. The molecule has 0 aliphatic heterocycles. The van der Waals surface area contributed by atoms with Crippen LogP contribution in [0, 0.1) is 5.92 Å². The highest BCUT2D eigenvalue weighted by molar-refractivity contribution is 5.85. The van der Waals surface area contributed by atoms with E-state index in [-0.39, 0.29) is 12.4 Å². The monoisotopic (exact) mass is 121 g/mol. The van der Waals surface area contributed by atoms with Crippen LogP contribution >= 0.6 is 12.4 Å². The zero-order chi connectivity index (χ0) is 4.99. The Labute approximate surface area is 51.0 Å². The molecule has 0 aliphatic rings. The van der Waals surface area contributed by atoms with Crippen molar-refractivity contribution in [2.45, 2.75) is 13.8 Å². The smallest absolute Gasteiger partial charge is 0.0100 e. The van der Waals surface area contributed by atoms with Gasteiger partial charge in [0.2, 0.25) is 0 Å². The van der Waals surface area contributed by atoms with Gasteiger partial charge in [0.1, 0.15) is 0 Å². The molecule has 0 rings (SSSR count). The number of halogens is 1. The molecule has 7 heavy (non-hydrogen) atoms. The van der Waals surface area contributed by atoms with Gasteiger partial charge in [0, 0.05) is 0 Å². The molecular weight excluding hydrogens is 110 g/mol. The topological polar surface area (TPSA) is 26.0 Å². The summed E-state index contributed by atoms with van der Waals surface area (Å²) in [6, 6.07) is 0. The second-order valence-corrected chi connectivity index (χ2v) is 1.63. The van der Waals surface area contributed by atoms with Crippen LogP contribution in [0.25, 0.3) is 0 Å². The van der Waals surface area contributed by atoms with Crippen LogP contribution in [0.5, 0.6) is 0 Å². The molecule has 0 spiro atoms. The second kappa shape index (κ2) is 5.83. The lowest BCUT2D eigenvalue weighted by Crippen LogP contribution is -1.81. The molecule has 0 fully saturated rings. The summed E-state index contributed by atoms with van der Waals surface area (Å²) >= 11 is 0. The Morgan fingerprint density at radius 1 is 1.43 bits per heavy atom. The van der Waals surface area contributed by atoms with Gasteiger partial charge in [-0.15, -0.1) is 12.4 Å². The third-order valence-corrected chi connectivity index (χ3v) is 0.496. The summed E-state index contributed by atoms with van der Waals surface area (Å²) in [6.07, 6.45) is 3.52. The molecule has 44 valence electrons. The van der Waals surface area contributed by atoms with Gasteiger partial charge in [-0.05, 0) is 12.1 Å². The van der Waals surface area contributed by atoms with Crippen molar-refractivity contribution in [3.63, 3.8) is 0 Å². The van der Waals surface area contributed by atoms with Crippen LogP contribution in [0.2, 0.25) is 0 Å². The molecule has 0 saturated heterocycles. The number of hydrogen-bond donors (Lipinski definition) is 1. The maximum Gasteiger partial charge on any atom is -0.0100 e. The van der Waals surface area contributed by atoms with Crippen molar-refractivity contribution in [1.82, 2.24) is 0 Å². The molecule has 0 bridgehead atoms. The minimum atomic E-state index is 0. The van der Waals surface area contributed by atoms with Gasteiger partial charge in [-0.3, -0.25) is 0 Å². The quantitative estimate of drug-likeness (QED) is 0.560. The van der Waals surface area contributed by atoms with Gasteiger partial charge < -0.3 is 5.73 Å². The van der Waals surface area contributed by atoms with Gasteiger partial charge in [-0.25, -0.2) is 0 Å². The van der Waals surface area contributed by atoms with Crippen LogP contribution in [-0.2, 0) is 0 Å². The lowest BCUT2D eigenvalue weighted by molar-refractivity contribution is 0.829. The van der Waals surface area contributed by atoms with Crippen LogP contribution in [0.3, 0.4) is 0 Å². The van der Waals surface area contributed by atoms with Crippen LogP contribution in [0.15, 0.2) is 12.3 Å². The highest BCUT2D eigenvalue weighted by Crippen LogP contribution is 1.88. The Bertz CT molecular complexity index is 50.0. The lowest BCUT2D eigenvalue weighted by Gasteiger charge is -1.86. The maximum absolute atomic E-state index is 5.05. The SMILES string of the molecule is CC(C)/C=C/N.Cl. The molecule has 0 heterocycles. The van der Waals surface area contributed by atoms with E-state index in [2.05, 4.69) is 13.8 Å². The highest BCUT2D eigenvalue weighted by atomic mass is 35.5. The third-order valence-electron chi connectivity index (χ3n) is 0.496. The molecule has 0 atom stereocenters. The van der Waals surface area contributed by atoms with Crippen LogP contribution in [0.4, 0.5) is 0 Å². The Hall–Kier alpha value is -0.170. The van der Waals surface area contributed by atoms with E-state index in [1.165, 1.54) is 0 Å². The Morgan fingerprint density at radius 2 is 1.86 bits per heavy atom. The first-order chi connectivity index (χ1) is 2.77. The van der Waals surface area contributed by atoms with Crippen molar-refractivity contribution in [3.05, 3.63) is 12.3 Å². The third kappa shape index (κ3) is 10.7. The fourth-order valence-corrected chi connectivity index (χ4v) is 0.222. The minimum absolute atomic E-state index is 0. The molecule has 0 unspecified atom stereocenters. The van der Waals surface area contributed by atoms with Gasteiger partial charge in [0.25, 0.3) is 0 Å². The summed E-state index contributed by atoms with van der Waals surface area (Å²) in [5.41, 5.74) is 5.05. The molecule has 0 aromatic heterocycles. The first kappa shape index (κ1) is 9.95. The van der Waals surface area contributed by atoms with Crippen molar-refractivity contribution in [3.8, 4) is 0 Å². The normalized spacial score (nSPS) is 9.57. The van der Waals surface area contributed by atoms with E-state index >= 15 is 0 Å². The van der Waals surface area contributed by atoms with E-state index in [0.717, 1.165) is 0 Å². The van der Waals surface area contributed by atoms with Gasteiger partial charge in [-0.2, -0.15) is 0 Å². The molecule has 0 aromatic carbocycles. The summed E-state index contributed by atoms with van der Waals surface area (Å²) < 4.78 is 0. The summed E-state index contributed by atoms with van der Waals surface area (Å²) in [7, 11) is 0. The molecule has 0 saturated carbocycles. The number of allylic oxidation sites excluding steroid dienone is 1. The molecule has 0 radical (unpaired) electrons. The average molecular weight is 122 g/mol. The van der Waals surface area contributed by atoms with Crippen LogP contribution in [-0.4, -0.2) is 0 Å². The van der Waals surface area contributed by atoms with Gasteiger partial charge >= 0.3 is 0 Å². The van der Waals surface area contributed by atoms with Crippen molar-refractivity contribution in [2.75, 3.05) is 0 Å². The first-order valence-electron chi connectivity index (χ1n) is 2.15. The molecule has 0 aliphatic carbocycles. The molecule has 2 N–H and O–H groups in total. The minimum Gasteiger partial charge on any atom is -0.405 e. The molecule has 1 nitrogen and oxygen atoms in total. The van der Waals surface area contributed by atoms with E-state index in [0.29, 0.717) is 5.92 Å². The van der Waals surface area contributed by atoms with Crippen LogP contribution < -0.4 is 5.73 Å². The number of rotatable bonds is 1. The zero-order valence-electron chi connectivity index (χ0n) is 4.72. The summed E-state index contributed by atoms with van der Waals surface area (Å²) in [6.45, 7) is 4.17. The molecule has 0 amide bonds. The van der Waals surface area contributed by atoms with E-state index < -0.39 is 0 Å². The highest BCUT2D eigenvalue weighted by Gasteiger charge is 1.76. The number of nitrogens with two attached hydrogens (primary N) is 1. The Balaban J connectivity index is 0. The fraction of sp³-hybridized carbons (Fsp3) is 0.600.